The van der Waals surface area contributed by atoms with Gasteiger partial charge >= 0.3 is 0 Å². The Labute approximate surface area is 181 Å². The minimum Gasteiger partial charge on any atom is -0.479 e. The number of thioether (sulfide) groups is 1. The van der Waals surface area contributed by atoms with Crippen molar-refractivity contribution in [2.45, 2.75) is 56.2 Å². The van der Waals surface area contributed by atoms with E-state index in [4.69, 9.17) is 40.2 Å². The lowest BCUT2D eigenvalue weighted by Gasteiger charge is -2.23. The van der Waals surface area contributed by atoms with Gasteiger partial charge in [-0.1, -0.05) is 86.1 Å². The van der Waals surface area contributed by atoms with Gasteiger partial charge in [-0.3, -0.25) is 0 Å². The molecule has 2 rings (SSSR count). The van der Waals surface area contributed by atoms with Crippen LogP contribution >= 0.6 is 47.2 Å². The molecule has 0 spiro atoms. The lowest BCUT2D eigenvalue weighted by molar-refractivity contribution is 0.307. The summed E-state index contributed by atoms with van der Waals surface area (Å²) < 4.78 is 8.16. The Balaban J connectivity index is 1.90. The van der Waals surface area contributed by atoms with Gasteiger partial charge in [-0.15, -0.1) is 0 Å². The molecule has 1 aromatic carbocycles. The first-order chi connectivity index (χ1) is 13.1. The Hall–Kier alpha value is -0.750. The van der Waals surface area contributed by atoms with Crippen molar-refractivity contribution in [1.82, 2.24) is 9.55 Å². The highest BCUT2D eigenvalue weighted by Crippen LogP contribution is 2.42. The topological polar surface area (TPSA) is 27.1 Å². The summed E-state index contributed by atoms with van der Waals surface area (Å²) >= 11 is 19.7. The highest BCUT2D eigenvalue weighted by atomic mass is 35.5. The van der Waals surface area contributed by atoms with Crippen LogP contribution in [-0.2, 0) is 4.74 Å². The van der Waals surface area contributed by atoms with Crippen LogP contribution in [0.5, 0.6) is 0 Å². The molecule has 0 N–H and O–H groups in total. The normalized spacial score (nSPS) is 13.3. The van der Waals surface area contributed by atoms with E-state index >= 15 is 0 Å². The first-order valence-corrected chi connectivity index (χ1v) is 11.4. The Morgan fingerprint density at radius 3 is 2.56 bits per heavy atom. The average molecular weight is 445 g/mol. The molecular weight excluding hydrogens is 419 g/mol. The van der Waals surface area contributed by atoms with Gasteiger partial charge in [0.2, 0.25) is 4.38 Å². The quantitative estimate of drug-likeness (QED) is 0.204. The van der Waals surface area contributed by atoms with E-state index in [9.17, 15) is 0 Å². The smallest absolute Gasteiger partial charge is 0.220 e. The van der Waals surface area contributed by atoms with E-state index in [0.29, 0.717) is 16.0 Å². The molecule has 0 amide bonds. The maximum Gasteiger partial charge on any atom is 0.220 e. The number of imidazole rings is 1. The Morgan fingerprint density at radius 2 is 1.89 bits per heavy atom. The molecule has 2 aromatic rings. The lowest BCUT2D eigenvalue weighted by atomic mass is 10.1. The zero-order valence-electron chi connectivity index (χ0n) is 15.5. The summed E-state index contributed by atoms with van der Waals surface area (Å²) in [4.78, 5) is 4.09. The van der Waals surface area contributed by atoms with Gasteiger partial charge in [-0.25, -0.2) is 4.98 Å². The van der Waals surface area contributed by atoms with Gasteiger partial charge < -0.3 is 9.30 Å². The largest absolute Gasteiger partial charge is 0.479 e. The van der Waals surface area contributed by atoms with Crippen molar-refractivity contribution in [2.75, 3.05) is 6.61 Å². The van der Waals surface area contributed by atoms with Crippen molar-refractivity contribution >= 4 is 51.6 Å². The van der Waals surface area contributed by atoms with Crippen molar-refractivity contribution in [3.63, 3.8) is 0 Å². The minimum absolute atomic E-state index is 0.102. The van der Waals surface area contributed by atoms with Gasteiger partial charge in [0, 0.05) is 17.4 Å². The van der Waals surface area contributed by atoms with Crippen LogP contribution in [-0.4, -0.2) is 20.5 Å². The number of aromatic nitrogens is 2. The SMILES string of the molecule is CCCCCCCCOC(=S)SC(c1ccc(Cl)cc1)C(Cl)n1ccnc1. The molecule has 0 fully saturated rings. The number of unbranched alkanes of at least 4 members (excludes halogenated alkanes) is 5. The monoisotopic (exact) mass is 444 g/mol. The van der Waals surface area contributed by atoms with E-state index in [0.717, 1.165) is 12.0 Å². The van der Waals surface area contributed by atoms with Crippen LogP contribution in [0.3, 0.4) is 0 Å². The third kappa shape index (κ3) is 8.02. The van der Waals surface area contributed by atoms with Crippen LogP contribution in [0.4, 0.5) is 0 Å². The molecule has 0 aliphatic carbocycles. The predicted octanol–water partition coefficient (Wildman–Crippen LogP) is 7.41. The lowest BCUT2D eigenvalue weighted by Crippen LogP contribution is -2.12. The third-order valence-corrected chi connectivity index (χ3v) is 6.58. The summed E-state index contributed by atoms with van der Waals surface area (Å²) in [5, 5.41) is 0.591. The van der Waals surface area contributed by atoms with Crippen LogP contribution in [0, 0.1) is 0 Å². The Kier molecular flexibility index (Phi) is 10.6. The summed E-state index contributed by atoms with van der Waals surface area (Å²) in [6.45, 7) is 2.88. The molecule has 148 valence electrons. The summed E-state index contributed by atoms with van der Waals surface area (Å²) in [6, 6.07) is 7.68. The number of thiocarbonyl (C=S) groups is 1. The van der Waals surface area contributed by atoms with E-state index in [1.807, 2.05) is 35.0 Å². The number of rotatable bonds is 11. The first-order valence-electron chi connectivity index (χ1n) is 9.32. The van der Waals surface area contributed by atoms with Crippen LogP contribution in [0.25, 0.3) is 0 Å². The van der Waals surface area contributed by atoms with E-state index in [-0.39, 0.29) is 10.8 Å². The summed E-state index contributed by atoms with van der Waals surface area (Å²) in [5.74, 6) is 0. The molecule has 27 heavy (non-hydrogen) atoms. The minimum atomic E-state index is -0.339. The van der Waals surface area contributed by atoms with Crippen molar-refractivity contribution < 1.29 is 4.74 Å². The molecule has 3 nitrogen and oxygen atoms in total. The first kappa shape index (κ1) is 22.5. The predicted molar refractivity (Wildman–Crippen MR) is 121 cm³/mol. The Morgan fingerprint density at radius 1 is 1.19 bits per heavy atom. The van der Waals surface area contributed by atoms with Crippen LogP contribution in [0.15, 0.2) is 43.0 Å². The zero-order chi connectivity index (χ0) is 19.5. The maximum absolute atomic E-state index is 6.72. The average Bonchev–Trinajstić information content (AvgIpc) is 3.20. The van der Waals surface area contributed by atoms with Crippen molar-refractivity contribution in [3.8, 4) is 0 Å². The number of hydrogen-bond donors (Lipinski definition) is 0. The molecule has 0 saturated carbocycles. The second-order valence-electron chi connectivity index (χ2n) is 6.34. The van der Waals surface area contributed by atoms with Crippen LogP contribution < -0.4 is 0 Å². The molecule has 1 heterocycles. The molecule has 7 heteroatoms. The molecule has 2 atom stereocenters. The number of alkyl halides is 1. The number of hydrogen-bond acceptors (Lipinski definition) is 4. The molecule has 0 bridgehead atoms. The van der Waals surface area contributed by atoms with Crippen molar-refractivity contribution in [1.29, 1.82) is 0 Å². The zero-order valence-corrected chi connectivity index (χ0v) is 18.7. The van der Waals surface area contributed by atoms with E-state index in [2.05, 4.69) is 11.9 Å². The van der Waals surface area contributed by atoms with E-state index < -0.39 is 0 Å². The van der Waals surface area contributed by atoms with Crippen LogP contribution in [0.1, 0.15) is 61.8 Å². The maximum atomic E-state index is 6.72. The second-order valence-corrected chi connectivity index (χ2v) is 8.97. The van der Waals surface area contributed by atoms with Gasteiger partial charge in [0.15, 0.2) is 0 Å². The highest BCUT2D eigenvalue weighted by Gasteiger charge is 2.25. The van der Waals surface area contributed by atoms with E-state index in [1.54, 1.807) is 12.5 Å². The third-order valence-electron chi connectivity index (χ3n) is 4.20. The fourth-order valence-corrected chi connectivity index (χ4v) is 4.52. The fourth-order valence-electron chi connectivity index (χ4n) is 2.68. The summed E-state index contributed by atoms with van der Waals surface area (Å²) in [6.07, 6.45) is 12.6. The number of nitrogens with zero attached hydrogens (tertiary/aromatic N) is 2. The van der Waals surface area contributed by atoms with Crippen molar-refractivity contribution in [2.24, 2.45) is 0 Å². The number of benzene rings is 1. The second kappa shape index (κ2) is 12.7. The highest BCUT2D eigenvalue weighted by molar-refractivity contribution is 8.22. The fraction of sp³-hybridized carbons (Fsp3) is 0.500. The summed E-state index contributed by atoms with van der Waals surface area (Å²) in [5.41, 5.74) is 0.706. The molecular formula is C20H26Cl2N2OS2. The molecule has 0 aliphatic heterocycles. The number of ether oxygens (including phenoxy) is 1. The standard InChI is InChI=1S/C20H26Cl2N2OS2/c1-2-3-4-5-6-7-14-25-20(26)27-18(16-8-10-17(21)11-9-16)19(22)24-13-12-23-15-24/h8-13,15,18-19H,2-7,14H2,1H3. The molecule has 0 saturated heterocycles. The molecule has 1 aromatic heterocycles. The van der Waals surface area contributed by atoms with Crippen LogP contribution in [0.2, 0.25) is 5.02 Å². The van der Waals surface area contributed by atoms with Gasteiger partial charge in [-0.2, -0.15) is 0 Å². The van der Waals surface area contributed by atoms with Gasteiger partial charge in [0.1, 0.15) is 5.50 Å². The van der Waals surface area contributed by atoms with Gasteiger partial charge in [0.25, 0.3) is 0 Å². The van der Waals surface area contributed by atoms with Gasteiger partial charge in [0.05, 0.1) is 18.2 Å². The molecule has 2 unspecified atom stereocenters. The number of halogens is 2. The van der Waals surface area contributed by atoms with E-state index in [1.165, 1.54) is 43.9 Å². The summed E-state index contributed by atoms with van der Waals surface area (Å²) in [7, 11) is 0. The van der Waals surface area contributed by atoms with Gasteiger partial charge in [-0.05, 0) is 36.3 Å². The Bertz CT molecular complexity index is 665. The molecule has 0 radical (unpaired) electrons. The molecule has 0 aliphatic rings. The van der Waals surface area contributed by atoms with Crippen molar-refractivity contribution in [3.05, 3.63) is 53.6 Å².